The van der Waals surface area contributed by atoms with Gasteiger partial charge in [0.25, 0.3) is 0 Å². The normalized spacial score (nSPS) is 10.4. The molecule has 13 heavy (non-hydrogen) atoms. The Bertz CT molecular complexity index is 242. The van der Waals surface area contributed by atoms with Gasteiger partial charge < -0.3 is 0 Å². The van der Waals surface area contributed by atoms with Gasteiger partial charge in [-0.1, -0.05) is 29.7 Å². The quantitative estimate of drug-likeness (QED) is 0.438. The van der Waals surface area contributed by atoms with E-state index in [9.17, 15) is 0 Å². The van der Waals surface area contributed by atoms with Crippen molar-refractivity contribution < 1.29 is 0 Å². The van der Waals surface area contributed by atoms with Crippen LogP contribution in [0.1, 0.15) is 33.1 Å². The fraction of sp³-hybridized carbons (Fsp3) is 0.385. The Morgan fingerprint density at radius 3 is 2.54 bits per heavy atom. The molecule has 0 nitrogen and oxygen atoms in total. The van der Waals surface area contributed by atoms with Crippen LogP contribution in [0.2, 0.25) is 0 Å². The van der Waals surface area contributed by atoms with Crippen LogP contribution in [0, 0.1) is 12.3 Å². The predicted molar refractivity (Wildman–Crippen MR) is 60.4 cm³/mol. The molecule has 0 amide bonds. The van der Waals surface area contributed by atoms with Crippen LogP contribution < -0.4 is 0 Å². The highest BCUT2D eigenvalue weighted by atomic mass is 13.9. The number of rotatable bonds is 5. The Kier molecular flexibility index (Phi) is 6.73. The summed E-state index contributed by atoms with van der Waals surface area (Å²) in [4.78, 5) is 0. The van der Waals surface area contributed by atoms with Crippen molar-refractivity contribution in [2.45, 2.75) is 33.1 Å². The second kappa shape index (κ2) is 7.43. The van der Waals surface area contributed by atoms with Gasteiger partial charge >= 0.3 is 0 Å². The molecular formula is C13H18. The first kappa shape index (κ1) is 11.8. The smallest absolute Gasteiger partial charge is 0.00161 e. The largest absolute Gasteiger partial charge is 0.115 e. The zero-order chi connectivity index (χ0) is 10.1. The molecule has 0 heteroatoms. The highest BCUT2D eigenvalue weighted by Crippen LogP contribution is 2.07. The molecule has 0 aromatic carbocycles. The van der Waals surface area contributed by atoms with Crippen molar-refractivity contribution in [2.24, 2.45) is 0 Å². The molecule has 0 heterocycles. The van der Waals surface area contributed by atoms with Crippen molar-refractivity contribution in [3.8, 4) is 12.3 Å². The van der Waals surface area contributed by atoms with Crippen molar-refractivity contribution >= 4 is 0 Å². The fourth-order valence-corrected chi connectivity index (χ4v) is 0.975. The van der Waals surface area contributed by atoms with Crippen molar-refractivity contribution in [2.75, 3.05) is 0 Å². The third kappa shape index (κ3) is 7.15. The molecule has 0 bridgehead atoms. The average molecular weight is 174 g/mol. The van der Waals surface area contributed by atoms with E-state index in [1.807, 2.05) is 6.08 Å². The molecule has 0 rings (SSSR count). The first-order chi connectivity index (χ1) is 6.20. The minimum Gasteiger partial charge on any atom is -0.115 e. The van der Waals surface area contributed by atoms with Gasteiger partial charge in [0.2, 0.25) is 0 Å². The molecule has 0 aliphatic carbocycles. The van der Waals surface area contributed by atoms with Crippen LogP contribution in [0.25, 0.3) is 0 Å². The maximum Gasteiger partial charge on any atom is -0.00161 e. The van der Waals surface area contributed by atoms with Gasteiger partial charge in [-0.05, 0) is 38.7 Å². The summed E-state index contributed by atoms with van der Waals surface area (Å²) in [5, 5.41) is 0. The Labute approximate surface area is 82.0 Å². The number of terminal acetylenes is 1. The molecule has 0 spiro atoms. The van der Waals surface area contributed by atoms with Crippen LogP contribution in [0.15, 0.2) is 36.0 Å². The predicted octanol–water partition coefficient (Wildman–Crippen LogP) is 3.87. The molecule has 0 aromatic rings. The Hall–Kier alpha value is -1.22. The minimum atomic E-state index is 0.869. The number of hydrogen-bond acceptors (Lipinski definition) is 0. The third-order valence-corrected chi connectivity index (χ3v) is 1.68. The van der Waals surface area contributed by atoms with E-state index >= 15 is 0 Å². The van der Waals surface area contributed by atoms with Crippen molar-refractivity contribution in [3.05, 3.63) is 36.0 Å². The minimum absolute atomic E-state index is 0.869. The second-order valence-electron chi connectivity index (χ2n) is 3.22. The lowest BCUT2D eigenvalue weighted by molar-refractivity contribution is 0.994. The van der Waals surface area contributed by atoms with Crippen LogP contribution in [0.5, 0.6) is 0 Å². The standard InChI is InChI=1S/C13H18/c1-5-7-10-13(6-2)11-8-9-12(3)4/h2,5,9-10H,1,7-8,11H2,3-4H3. The highest BCUT2D eigenvalue weighted by molar-refractivity contribution is 5.26. The van der Waals surface area contributed by atoms with Gasteiger partial charge in [0, 0.05) is 0 Å². The van der Waals surface area contributed by atoms with Crippen molar-refractivity contribution in [3.63, 3.8) is 0 Å². The molecule has 0 aliphatic heterocycles. The molecule has 0 saturated carbocycles. The van der Waals surface area contributed by atoms with Gasteiger partial charge in [0.05, 0.1) is 0 Å². The zero-order valence-corrected chi connectivity index (χ0v) is 8.64. The van der Waals surface area contributed by atoms with E-state index in [4.69, 9.17) is 6.42 Å². The number of hydrogen-bond donors (Lipinski definition) is 0. The average Bonchev–Trinajstić information content (AvgIpc) is 2.10. The van der Waals surface area contributed by atoms with Crippen LogP contribution in [-0.4, -0.2) is 0 Å². The molecule has 0 aromatic heterocycles. The van der Waals surface area contributed by atoms with Gasteiger partial charge in [0.1, 0.15) is 0 Å². The lowest BCUT2D eigenvalue weighted by Crippen LogP contribution is -1.79. The van der Waals surface area contributed by atoms with Crippen LogP contribution >= 0.6 is 0 Å². The summed E-state index contributed by atoms with van der Waals surface area (Å²) in [7, 11) is 0. The van der Waals surface area contributed by atoms with E-state index in [1.165, 1.54) is 5.57 Å². The maximum atomic E-state index is 5.36. The second-order valence-corrected chi connectivity index (χ2v) is 3.22. The molecule has 0 radical (unpaired) electrons. The molecule has 0 atom stereocenters. The van der Waals surface area contributed by atoms with Crippen molar-refractivity contribution in [1.82, 2.24) is 0 Å². The van der Waals surface area contributed by atoms with Crippen LogP contribution in [0.3, 0.4) is 0 Å². The molecule has 70 valence electrons. The molecule has 0 N–H and O–H groups in total. The van der Waals surface area contributed by atoms with E-state index in [0.29, 0.717) is 0 Å². The third-order valence-electron chi connectivity index (χ3n) is 1.68. The molecule has 0 saturated heterocycles. The van der Waals surface area contributed by atoms with Crippen LogP contribution in [-0.2, 0) is 0 Å². The van der Waals surface area contributed by atoms with E-state index in [0.717, 1.165) is 24.8 Å². The van der Waals surface area contributed by atoms with Gasteiger partial charge in [0.15, 0.2) is 0 Å². The SMILES string of the molecule is C#CC(=CCC=C)CCC=C(C)C. The topological polar surface area (TPSA) is 0 Å². The summed E-state index contributed by atoms with van der Waals surface area (Å²) in [5.41, 5.74) is 2.43. The summed E-state index contributed by atoms with van der Waals surface area (Å²) >= 11 is 0. The maximum absolute atomic E-state index is 5.36. The van der Waals surface area contributed by atoms with Gasteiger partial charge in [-0.3, -0.25) is 0 Å². The van der Waals surface area contributed by atoms with Gasteiger partial charge in [-0.15, -0.1) is 13.0 Å². The lowest BCUT2D eigenvalue weighted by atomic mass is 10.1. The zero-order valence-electron chi connectivity index (χ0n) is 8.64. The van der Waals surface area contributed by atoms with E-state index < -0.39 is 0 Å². The molecule has 0 aliphatic rings. The molecule has 0 unspecified atom stereocenters. The van der Waals surface area contributed by atoms with Gasteiger partial charge in [-0.2, -0.15) is 0 Å². The summed E-state index contributed by atoms with van der Waals surface area (Å²) in [6.45, 7) is 7.85. The molecule has 0 fully saturated rings. The van der Waals surface area contributed by atoms with Crippen LogP contribution in [0.4, 0.5) is 0 Å². The first-order valence-electron chi connectivity index (χ1n) is 4.60. The summed E-state index contributed by atoms with van der Waals surface area (Å²) < 4.78 is 0. The first-order valence-corrected chi connectivity index (χ1v) is 4.60. The number of allylic oxidation sites excluding steroid dienone is 5. The Morgan fingerprint density at radius 1 is 1.38 bits per heavy atom. The van der Waals surface area contributed by atoms with E-state index in [1.54, 1.807) is 0 Å². The fourth-order valence-electron chi connectivity index (χ4n) is 0.975. The lowest BCUT2D eigenvalue weighted by Gasteiger charge is -1.96. The Morgan fingerprint density at radius 2 is 2.08 bits per heavy atom. The van der Waals surface area contributed by atoms with Crippen molar-refractivity contribution in [1.29, 1.82) is 0 Å². The summed E-state index contributed by atoms with van der Waals surface area (Å²) in [6.07, 6.45) is 14.4. The van der Waals surface area contributed by atoms with E-state index in [2.05, 4.69) is 38.5 Å². The molecular weight excluding hydrogens is 156 g/mol. The monoisotopic (exact) mass is 174 g/mol. The summed E-state index contributed by atoms with van der Waals surface area (Å²) in [5.74, 6) is 2.69. The van der Waals surface area contributed by atoms with Gasteiger partial charge in [-0.25, -0.2) is 0 Å². The summed E-state index contributed by atoms with van der Waals surface area (Å²) in [6, 6.07) is 0. The highest BCUT2D eigenvalue weighted by Gasteiger charge is 1.90. The van der Waals surface area contributed by atoms with E-state index in [-0.39, 0.29) is 0 Å². The Balaban J connectivity index is 3.94.